The Morgan fingerprint density at radius 1 is 1.07 bits per heavy atom. The van der Waals surface area contributed by atoms with Gasteiger partial charge in [0, 0.05) is 13.0 Å². The van der Waals surface area contributed by atoms with E-state index in [4.69, 9.17) is 9.76 Å². The third kappa shape index (κ3) is 7.23. The van der Waals surface area contributed by atoms with Gasteiger partial charge in [0.15, 0.2) is 11.6 Å². The predicted molar refractivity (Wildman–Crippen MR) is 169 cm³/mol. The molecule has 0 unspecified atom stereocenters. The second-order valence-electron chi connectivity index (χ2n) is 12.7. The number of fused-ring (bicyclic) bond motifs is 3. The highest BCUT2D eigenvalue weighted by Crippen LogP contribution is 2.52. The maximum atomic E-state index is 14.2. The molecular formula is C35H41BFNO7. The summed E-state index contributed by atoms with van der Waals surface area (Å²) in [6.45, 7) is 4.44. The third-order valence-corrected chi connectivity index (χ3v) is 9.44. The molecular weight excluding hydrogens is 576 g/mol. The Labute approximate surface area is 263 Å². The highest BCUT2D eigenvalue weighted by atomic mass is 19.1. The van der Waals surface area contributed by atoms with Crippen molar-refractivity contribution in [1.29, 1.82) is 0 Å². The molecule has 2 aromatic rings. The molecule has 8 nitrogen and oxygen atoms in total. The number of aliphatic carboxylic acids is 1. The zero-order valence-electron chi connectivity index (χ0n) is 25.8. The Hall–Kier alpha value is -3.76. The number of hydrogen-bond acceptors (Lipinski definition) is 6. The van der Waals surface area contributed by atoms with E-state index >= 15 is 0 Å². The molecule has 2 fully saturated rings. The van der Waals surface area contributed by atoms with Crippen molar-refractivity contribution in [2.24, 2.45) is 23.7 Å². The van der Waals surface area contributed by atoms with E-state index in [1.165, 1.54) is 17.0 Å². The SMILES string of the molecule is CC(C)C1=C2[C@@H](CC/C(=C/c3ccc(O)c(F)c3)c3ccccc3)OB(O)C[C@@H]2[C@@H]2C(=O)N(CCCCCC(=O)O)C(=O)[C@@H]2C1. The van der Waals surface area contributed by atoms with Crippen LogP contribution in [0.4, 0.5) is 4.39 Å². The number of carbonyl (C=O) groups is 3. The lowest BCUT2D eigenvalue weighted by atomic mass is 9.57. The van der Waals surface area contributed by atoms with Crippen molar-refractivity contribution in [3.63, 3.8) is 0 Å². The fourth-order valence-electron chi connectivity index (χ4n) is 7.31. The van der Waals surface area contributed by atoms with Crippen LogP contribution in [0.25, 0.3) is 11.6 Å². The molecule has 0 spiro atoms. The van der Waals surface area contributed by atoms with Crippen molar-refractivity contribution in [3.8, 4) is 5.75 Å². The molecule has 238 valence electrons. The highest BCUT2D eigenvalue weighted by molar-refractivity contribution is 6.43. The van der Waals surface area contributed by atoms with Gasteiger partial charge < -0.3 is 19.9 Å². The van der Waals surface area contributed by atoms with Crippen LogP contribution in [-0.2, 0) is 19.0 Å². The number of benzene rings is 2. The molecule has 45 heavy (non-hydrogen) atoms. The number of hydrogen-bond donors (Lipinski definition) is 3. The number of carboxylic acids is 1. The first-order valence-corrected chi connectivity index (χ1v) is 15.9. The lowest BCUT2D eigenvalue weighted by Gasteiger charge is -2.44. The van der Waals surface area contributed by atoms with Gasteiger partial charge in [-0.2, -0.15) is 0 Å². The average molecular weight is 618 g/mol. The molecule has 3 N–H and O–H groups in total. The molecule has 10 heteroatoms. The van der Waals surface area contributed by atoms with Gasteiger partial charge in [0.25, 0.3) is 0 Å². The van der Waals surface area contributed by atoms with Crippen LogP contribution in [0.5, 0.6) is 5.75 Å². The van der Waals surface area contributed by atoms with Crippen molar-refractivity contribution < 1.29 is 38.7 Å². The van der Waals surface area contributed by atoms with Crippen LogP contribution < -0.4 is 0 Å². The van der Waals surface area contributed by atoms with Crippen LogP contribution in [0.1, 0.15) is 69.9 Å². The number of phenols is 1. The quantitative estimate of drug-likeness (QED) is 0.0884. The van der Waals surface area contributed by atoms with E-state index in [1.807, 2.05) is 36.4 Å². The maximum Gasteiger partial charge on any atom is 0.455 e. The van der Waals surface area contributed by atoms with Crippen LogP contribution in [0, 0.1) is 29.5 Å². The Balaban J connectivity index is 1.40. The maximum absolute atomic E-state index is 14.2. The molecule has 1 aliphatic carbocycles. The first-order chi connectivity index (χ1) is 21.5. The third-order valence-electron chi connectivity index (χ3n) is 9.44. The van der Waals surface area contributed by atoms with E-state index in [2.05, 4.69) is 13.8 Å². The molecule has 5 rings (SSSR count). The van der Waals surface area contributed by atoms with Gasteiger partial charge in [-0.15, -0.1) is 0 Å². The molecule has 4 atom stereocenters. The van der Waals surface area contributed by atoms with E-state index in [1.54, 1.807) is 6.07 Å². The summed E-state index contributed by atoms with van der Waals surface area (Å²) in [4.78, 5) is 39.6. The number of unbranched alkanes of at least 4 members (excludes halogenated alkanes) is 2. The molecule has 0 saturated carbocycles. The molecule has 0 radical (unpaired) electrons. The van der Waals surface area contributed by atoms with Gasteiger partial charge in [0.05, 0.1) is 17.9 Å². The smallest absolute Gasteiger partial charge is 0.455 e. The largest absolute Gasteiger partial charge is 0.505 e. The zero-order valence-corrected chi connectivity index (χ0v) is 25.8. The summed E-state index contributed by atoms with van der Waals surface area (Å²) >= 11 is 0. The summed E-state index contributed by atoms with van der Waals surface area (Å²) in [5, 5.41) is 29.5. The number of amides is 2. The molecule has 0 aromatic heterocycles. The van der Waals surface area contributed by atoms with Crippen molar-refractivity contribution in [3.05, 3.63) is 76.6 Å². The Bertz CT molecular complexity index is 1490. The standard InChI is InChI=1S/C35H41BFNO7/c1-21(2)25-19-26-33(35(43)38(34(26)42)16-8-4-7-11-31(40)41)27-20-36(44)45-30(32(25)27)15-13-24(23-9-5-3-6-10-23)17-22-12-14-29(39)28(37)18-22/h3,5-6,9-10,12,14,17-18,21,26-27,30,33,39,44H,4,7-8,11,13,15-16,19-20H2,1-2H3,(H,40,41)/b24-17-/t26-,27+,30-,33-/m1/s1. The van der Waals surface area contributed by atoms with Crippen molar-refractivity contribution in [1.82, 2.24) is 4.90 Å². The van der Waals surface area contributed by atoms with E-state index in [9.17, 15) is 28.9 Å². The van der Waals surface area contributed by atoms with Crippen LogP contribution in [0.15, 0.2) is 59.7 Å². The van der Waals surface area contributed by atoms with Crippen molar-refractivity contribution >= 4 is 36.6 Å². The number of halogens is 1. The number of allylic oxidation sites excluding steroid dienone is 2. The number of carbonyl (C=O) groups excluding carboxylic acids is 2. The molecule has 2 aliphatic heterocycles. The molecule has 3 aliphatic rings. The second kappa shape index (κ2) is 14.1. The van der Waals surface area contributed by atoms with Crippen LogP contribution >= 0.6 is 0 Å². The summed E-state index contributed by atoms with van der Waals surface area (Å²) in [5.74, 6) is -3.59. The Morgan fingerprint density at radius 2 is 1.82 bits per heavy atom. The summed E-state index contributed by atoms with van der Waals surface area (Å²) < 4.78 is 20.3. The second-order valence-corrected chi connectivity index (χ2v) is 12.7. The number of nitrogens with zero attached hydrogens (tertiary/aromatic N) is 1. The summed E-state index contributed by atoms with van der Waals surface area (Å²) in [6.07, 6.45) is 4.91. The van der Waals surface area contributed by atoms with Crippen LogP contribution in [0.3, 0.4) is 0 Å². The van der Waals surface area contributed by atoms with E-state index in [0.717, 1.165) is 22.3 Å². The minimum Gasteiger partial charge on any atom is -0.505 e. The van der Waals surface area contributed by atoms with E-state index in [-0.39, 0.29) is 42.9 Å². The summed E-state index contributed by atoms with van der Waals surface area (Å²) in [5.41, 5.74) is 4.61. The molecule has 2 amide bonds. The normalized spacial score (nSPS) is 23.5. The monoisotopic (exact) mass is 617 g/mol. The number of phenolic OH excluding ortho intramolecular Hbond substituents is 1. The molecule has 0 bridgehead atoms. The van der Waals surface area contributed by atoms with Gasteiger partial charge in [0.2, 0.25) is 11.8 Å². The van der Waals surface area contributed by atoms with Gasteiger partial charge in [-0.3, -0.25) is 19.3 Å². The van der Waals surface area contributed by atoms with Crippen LogP contribution in [-0.4, -0.2) is 57.7 Å². The van der Waals surface area contributed by atoms with Crippen LogP contribution in [0.2, 0.25) is 6.32 Å². The molecule has 2 aromatic carbocycles. The van der Waals surface area contributed by atoms with Gasteiger partial charge >= 0.3 is 13.1 Å². The summed E-state index contributed by atoms with van der Waals surface area (Å²) in [7, 11) is -1.08. The van der Waals surface area contributed by atoms with Crippen molar-refractivity contribution in [2.45, 2.75) is 71.2 Å². The highest BCUT2D eigenvalue weighted by Gasteiger charge is 2.57. The minimum absolute atomic E-state index is 0.0620. The fraction of sp³-hybridized carbons (Fsp3) is 0.457. The number of rotatable bonds is 12. The number of imide groups is 1. The van der Waals surface area contributed by atoms with E-state index in [0.29, 0.717) is 44.1 Å². The predicted octanol–water partition coefficient (Wildman–Crippen LogP) is 5.95. The fourth-order valence-corrected chi connectivity index (χ4v) is 7.31. The van der Waals surface area contributed by atoms with Crippen molar-refractivity contribution in [2.75, 3.05) is 6.54 Å². The van der Waals surface area contributed by atoms with Gasteiger partial charge in [-0.05, 0) is 84.7 Å². The first kappa shape index (κ1) is 32.6. The number of likely N-dealkylation sites (tertiary alicyclic amines) is 1. The summed E-state index contributed by atoms with van der Waals surface area (Å²) in [6, 6.07) is 14.0. The van der Waals surface area contributed by atoms with E-state index < -0.39 is 42.6 Å². The lowest BCUT2D eigenvalue weighted by Crippen LogP contribution is -2.46. The Kier molecular flexibility index (Phi) is 10.2. The molecule has 2 saturated heterocycles. The Morgan fingerprint density at radius 3 is 2.51 bits per heavy atom. The number of aromatic hydroxyl groups is 1. The topological polar surface area (TPSA) is 124 Å². The van der Waals surface area contributed by atoms with Gasteiger partial charge in [-0.25, -0.2) is 4.39 Å². The lowest BCUT2D eigenvalue weighted by molar-refractivity contribution is -0.141. The minimum atomic E-state index is -1.08. The van der Waals surface area contributed by atoms with Gasteiger partial charge in [-0.1, -0.05) is 68.3 Å². The molecule has 2 heterocycles. The van der Waals surface area contributed by atoms with Gasteiger partial charge in [0.1, 0.15) is 0 Å². The first-order valence-electron chi connectivity index (χ1n) is 15.9. The average Bonchev–Trinajstić information content (AvgIpc) is 3.25. The zero-order chi connectivity index (χ0) is 32.2. The number of carboxylic acid groups (broad SMARTS) is 1.